The lowest BCUT2D eigenvalue weighted by Crippen LogP contribution is -2.61. The third kappa shape index (κ3) is 17.1. The van der Waals surface area contributed by atoms with Crippen LogP contribution >= 0.6 is 0 Å². The highest BCUT2D eigenvalue weighted by atomic mass is 16.7. The Morgan fingerprint density at radius 2 is 1.38 bits per heavy atom. The smallest absolute Gasteiger partial charge is 0.414 e. The van der Waals surface area contributed by atoms with E-state index in [9.17, 15) is 54.3 Å². The Balaban J connectivity index is 0.000000536. The van der Waals surface area contributed by atoms with Crippen molar-refractivity contribution in [1.29, 1.82) is 0 Å². The largest absolute Gasteiger partial charge is 0.459 e. The van der Waals surface area contributed by atoms with Crippen LogP contribution in [0.4, 0.5) is 21.0 Å². The number of Topliss-reactive ketones (excluding diaryl/α,β-unsaturated/α-hetero) is 3. The molecule has 0 unspecified atom stereocenters. The van der Waals surface area contributed by atoms with Crippen LogP contribution < -0.4 is 9.80 Å². The monoisotopic (exact) mass is 1290 g/mol. The Hall–Kier alpha value is -6.53. The summed E-state index contributed by atoms with van der Waals surface area (Å²) >= 11 is 0. The first-order valence-electron chi connectivity index (χ1n) is 31.4. The normalized spacial score (nSPS) is 35.7. The lowest BCUT2D eigenvalue weighted by molar-refractivity contribution is -0.318. The van der Waals surface area contributed by atoms with Crippen molar-refractivity contribution in [3.05, 3.63) is 82.0 Å². The SMILES string of the molecule is CC(=O)c1ccc(N2C[C@H](CN=[N+]=[N-])OC2=O)cc1.CC[C@H]1OC(=O)[C@H](C)[C@@H](O[C@H]2C[C@@](C)(OC)[C@@H](O)[C@H](C)O2)[C@H](C)[C@@H](O[C@@H]2O[C@H](C)C[C@H](N(C)CCc3cn(C[C@H]4CN(c5ccc(C(C)=O)cc5)C(=O)O4)nn3)[C@H]2O)[C@](C)(O)C[C@@H](C)C(=O)[C@H](C)[C@@H](O)[C@]1(C)O. The molecule has 5 aliphatic rings. The molecule has 28 heteroatoms. The van der Waals surface area contributed by atoms with Crippen molar-refractivity contribution in [3.8, 4) is 0 Å². The molecule has 2 aromatic carbocycles. The van der Waals surface area contributed by atoms with Gasteiger partial charge >= 0.3 is 18.2 Å². The van der Waals surface area contributed by atoms with E-state index in [0.717, 1.165) is 0 Å². The molecule has 0 bridgehead atoms. The van der Waals surface area contributed by atoms with Crippen LogP contribution in [0.5, 0.6) is 0 Å². The Labute approximate surface area is 536 Å². The van der Waals surface area contributed by atoms with E-state index in [2.05, 4.69) is 20.3 Å². The minimum Gasteiger partial charge on any atom is -0.459 e. The summed E-state index contributed by atoms with van der Waals surface area (Å²) in [4.78, 5) is 83.4. The summed E-state index contributed by atoms with van der Waals surface area (Å²) in [6, 6.07) is 12.9. The van der Waals surface area contributed by atoms with Gasteiger partial charge in [-0.25, -0.2) is 14.3 Å². The van der Waals surface area contributed by atoms with Crippen LogP contribution in [0.2, 0.25) is 0 Å². The number of amides is 2. The number of benzene rings is 2. The van der Waals surface area contributed by atoms with Crippen molar-refractivity contribution in [2.24, 2.45) is 28.8 Å². The van der Waals surface area contributed by atoms with E-state index in [-0.39, 0.29) is 50.5 Å². The summed E-state index contributed by atoms with van der Waals surface area (Å²) in [5.41, 5.74) is 6.24. The number of carbonyl (C=O) groups is 6. The van der Waals surface area contributed by atoms with Gasteiger partial charge in [0, 0.05) is 83.9 Å². The molecule has 1 aromatic heterocycles. The molecule has 0 aliphatic carbocycles. The molecule has 5 saturated heterocycles. The molecular weight excluding hydrogens is 1200 g/mol. The van der Waals surface area contributed by atoms with E-state index < -0.39 is 144 Å². The van der Waals surface area contributed by atoms with Crippen LogP contribution in [0.1, 0.15) is 135 Å². The number of aliphatic hydroxyl groups excluding tert-OH is 3. The number of anilines is 2. The second-order valence-electron chi connectivity index (χ2n) is 26.0. The second kappa shape index (κ2) is 30.7. The van der Waals surface area contributed by atoms with Gasteiger partial charge in [0.2, 0.25) is 0 Å². The number of hydrogen-bond acceptors (Lipinski definition) is 23. The number of azide groups is 1. The van der Waals surface area contributed by atoms with Crippen LogP contribution in [0.25, 0.3) is 10.4 Å². The third-order valence-electron chi connectivity index (χ3n) is 18.7. The van der Waals surface area contributed by atoms with Crippen LogP contribution in [-0.2, 0) is 60.4 Å². The van der Waals surface area contributed by atoms with Crippen molar-refractivity contribution in [3.63, 3.8) is 0 Å². The lowest BCUT2D eigenvalue weighted by Gasteiger charge is -2.49. The molecule has 92 heavy (non-hydrogen) atoms. The maximum Gasteiger partial charge on any atom is 0.414 e. The highest BCUT2D eigenvalue weighted by Crippen LogP contribution is 2.41. The molecule has 20 atom stereocenters. The van der Waals surface area contributed by atoms with E-state index >= 15 is 0 Å². The maximum atomic E-state index is 14.4. The summed E-state index contributed by atoms with van der Waals surface area (Å²) in [5, 5.41) is 71.3. The predicted molar refractivity (Wildman–Crippen MR) is 331 cm³/mol. The van der Waals surface area contributed by atoms with E-state index in [1.807, 2.05) is 18.9 Å². The first kappa shape index (κ1) is 72.9. The van der Waals surface area contributed by atoms with Gasteiger partial charge < -0.3 is 68.3 Å². The molecule has 5 aliphatic heterocycles. The maximum absolute atomic E-state index is 14.4. The van der Waals surface area contributed by atoms with Gasteiger partial charge in [0.25, 0.3) is 0 Å². The Morgan fingerprint density at radius 3 is 1.93 bits per heavy atom. The molecule has 5 N–H and O–H groups in total. The van der Waals surface area contributed by atoms with Gasteiger partial charge in [-0.3, -0.25) is 29.0 Å². The summed E-state index contributed by atoms with van der Waals surface area (Å²) < 4.78 is 50.1. The average Bonchev–Trinajstić information content (AvgIpc) is 1.11. The number of rotatable bonds is 18. The molecule has 0 spiro atoms. The Kier molecular flexibility index (Phi) is 24.3. The molecule has 6 heterocycles. The summed E-state index contributed by atoms with van der Waals surface area (Å²) in [6.45, 7) is 20.6. The molecule has 8 rings (SSSR count). The number of aliphatic hydroxyl groups is 5. The number of methoxy groups -OCH3 is 1. The number of nitrogens with zero attached hydrogens (tertiary/aromatic N) is 9. The van der Waals surface area contributed by atoms with Gasteiger partial charge in [-0.15, -0.1) is 5.10 Å². The fourth-order valence-corrected chi connectivity index (χ4v) is 13.1. The van der Waals surface area contributed by atoms with Gasteiger partial charge in [-0.05, 0) is 136 Å². The Bertz CT molecular complexity index is 3090. The summed E-state index contributed by atoms with van der Waals surface area (Å²) in [7, 11) is 3.33. The van der Waals surface area contributed by atoms with E-state index in [0.29, 0.717) is 54.1 Å². The van der Waals surface area contributed by atoms with Crippen molar-refractivity contribution in [2.45, 2.75) is 218 Å². The number of aromatic nitrogens is 3. The fourth-order valence-electron chi connectivity index (χ4n) is 13.1. The number of cyclic esters (lactones) is 3. The first-order chi connectivity index (χ1) is 43.2. The molecule has 2 amide bonds. The number of esters is 1. The highest BCUT2D eigenvalue weighted by molar-refractivity contribution is 5.96. The van der Waals surface area contributed by atoms with Crippen molar-refractivity contribution in [2.75, 3.05) is 50.1 Å². The fraction of sp³-hybridized carbons (Fsp3) is 0.688. The standard InChI is InChI=1S/C52H81N5O16.C12H12N4O3/c1-14-39-52(11,66)44(61)29(4)41(59)27(2)22-50(9,65)46(30(5)43(31(6)47(63)71-39)72-40-23-51(10,67-13)45(62)33(8)69-40)73-48-42(60)38(21-28(3)68-48)55(12)20-19-35-24-56(54-53-35)25-37-26-57(49(64)70-37)36-17-15-34(16-18-36)32(7)58;1-8(17)9-2-4-10(5-3-9)16-7-11(6-14-15-13)19-12(16)18/h15-18,24,27-31,33,37-40,42-46,48,60-62,65-66H,14,19-23,25-26H2,1-13H3;2-5,11H,6-7H2,1H3/t27-,28-,29+,30+,31-,33+,37+,38+,39-,40+,42-,43+,44-,45+,46-,48+,50-,51-,52-;11-/m10/s1. The van der Waals surface area contributed by atoms with Crippen molar-refractivity contribution < 1.29 is 92.2 Å². The van der Waals surface area contributed by atoms with Gasteiger partial charge in [-0.2, -0.15) is 0 Å². The van der Waals surface area contributed by atoms with Crippen molar-refractivity contribution >= 4 is 46.9 Å². The van der Waals surface area contributed by atoms with Crippen LogP contribution in [0.3, 0.4) is 0 Å². The minimum absolute atomic E-state index is 0.0308. The summed E-state index contributed by atoms with van der Waals surface area (Å²) in [5.74, 6) is -5.45. The molecule has 3 aromatic rings. The zero-order chi connectivity index (χ0) is 67.9. The van der Waals surface area contributed by atoms with Gasteiger partial charge in [-0.1, -0.05) is 38.0 Å². The Morgan fingerprint density at radius 1 is 0.804 bits per heavy atom. The first-order valence-corrected chi connectivity index (χ1v) is 31.4. The molecule has 0 saturated carbocycles. The van der Waals surface area contributed by atoms with E-state index in [1.165, 1.54) is 51.5 Å². The minimum atomic E-state index is -2.05. The quantitative estimate of drug-likeness (QED) is 0.0253. The van der Waals surface area contributed by atoms with E-state index in [4.69, 9.17) is 43.4 Å². The summed E-state index contributed by atoms with van der Waals surface area (Å²) in [6.07, 6.45) is -10.6. The number of ketones is 3. The molecule has 28 nitrogen and oxygen atoms in total. The number of hydrogen-bond donors (Lipinski definition) is 5. The zero-order valence-electron chi connectivity index (χ0n) is 55.1. The molecule has 5 fully saturated rings. The second-order valence-corrected chi connectivity index (χ2v) is 26.0. The predicted octanol–water partition coefficient (Wildman–Crippen LogP) is 5.74. The van der Waals surface area contributed by atoms with Gasteiger partial charge in [0.05, 0.1) is 79.5 Å². The van der Waals surface area contributed by atoms with Crippen LogP contribution in [0.15, 0.2) is 59.8 Å². The van der Waals surface area contributed by atoms with Gasteiger partial charge in [0.15, 0.2) is 24.1 Å². The van der Waals surface area contributed by atoms with Crippen LogP contribution in [0, 0.1) is 23.7 Å². The van der Waals surface area contributed by atoms with E-state index in [1.54, 1.807) is 101 Å². The zero-order valence-corrected chi connectivity index (χ0v) is 55.1. The average molecular weight is 1290 g/mol. The highest BCUT2D eigenvalue weighted by Gasteiger charge is 2.54. The third-order valence-corrected chi connectivity index (χ3v) is 18.7. The molecule has 508 valence electrons. The lowest BCUT2D eigenvalue weighted by atomic mass is 9.74. The number of carbonyl (C=O) groups excluding carboxylic acids is 6. The molecule has 0 radical (unpaired) electrons. The van der Waals surface area contributed by atoms with Crippen molar-refractivity contribution in [1.82, 2.24) is 19.9 Å². The topological polar surface area (TPSA) is 367 Å². The number of likely N-dealkylation sites (N-methyl/N-ethyl adjacent to an activating group) is 1. The number of ether oxygens (including phenoxy) is 8. The molecular formula is C64H93N9O19. The van der Waals surface area contributed by atoms with Crippen LogP contribution in [-0.4, -0.2) is 218 Å². The van der Waals surface area contributed by atoms with Gasteiger partial charge in [0.1, 0.15) is 41.9 Å².